The molecule has 16 atom stereocenters. The van der Waals surface area contributed by atoms with Crippen LogP contribution in [0, 0.1) is 5.92 Å². The highest BCUT2D eigenvalue weighted by molar-refractivity contribution is 5.91. The number of carbonyl (C=O) groups is 1. The van der Waals surface area contributed by atoms with Crippen LogP contribution < -0.4 is 28.3 Å². The molecule has 43 heavy (non-hydrogen) atoms. The molecular weight excluding hydrogens is 574 g/mol. The zero-order valence-electron chi connectivity index (χ0n) is 24.0. The van der Waals surface area contributed by atoms with E-state index in [0.29, 0.717) is 13.0 Å². The molecular formula is C26H49N5O12. The lowest BCUT2D eigenvalue weighted by Gasteiger charge is -2.48. The van der Waals surface area contributed by atoms with Gasteiger partial charge in [0.1, 0.15) is 36.1 Å². The summed E-state index contributed by atoms with van der Waals surface area (Å²) in [4.78, 5) is 13.0. The Bertz CT molecular complexity index is 924. The van der Waals surface area contributed by atoms with Crippen molar-refractivity contribution < 1.29 is 59.5 Å². The molecule has 0 spiro atoms. The monoisotopic (exact) mass is 623 g/mol. The van der Waals surface area contributed by atoms with Crippen LogP contribution in [-0.2, 0) is 23.7 Å². The van der Waals surface area contributed by atoms with E-state index in [2.05, 4.69) is 5.32 Å². The molecule has 0 amide bonds. The van der Waals surface area contributed by atoms with E-state index in [9.17, 15) is 35.4 Å². The van der Waals surface area contributed by atoms with Gasteiger partial charge >= 0.3 is 0 Å². The van der Waals surface area contributed by atoms with Crippen molar-refractivity contribution in [3.8, 4) is 0 Å². The summed E-state index contributed by atoms with van der Waals surface area (Å²) in [6.07, 6.45) is -11.7. The molecule has 0 aromatic heterocycles. The van der Waals surface area contributed by atoms with Gasteiger partial charge in [0.2, 0.25) is 0 Å². The zero-order valence-corrected chi connectivity index (χ0v) is 24.0. The normalized spacial score (nSPS) is 48.7. The quantitative estimate of drug-likeness (QED) is 0.0848. The van der Waals surface area contributed by atoms with Crippen LogP contribution in [0.15, 0.2) is 0 Å². The number of nitrogens with two attached hydrogens (primary N) is 4. The fourth-order valence-electron chi connectivity index (χ4n) is 6.13. The molecule has 0 aromatic carbocycles. The number of ether oxygens (including phenoxy) is 4. The smallest absolute Gasteiger partial charge is 0.186 e. The first kappa shape index (κ1) is 34.9. The van der Waals surface area contributed by atoms with Gasteiger partial charge in [-0.25, -0.2) is 0 Å². The SMILES string of the molecule is NC1CC1(O)C(=O)C[C@@H]1C[C@H](N)[C@@H](O[C@H]2O[C@H](CNCCCO)[C@@H](O)C[C@H]2N)[C@H](O)[C@H]1O[C@H]1O[C@H](CO)[C@@H](O)[C@H](N)[C@H]1O. The number of aliphatic hydroxyl groups is 7. The fourth-order valence-corrected chi connectivity index (χ4v) is 6.13. The van der Waals surface area contributed by atoms with E-state index in [4.69, 9.17) is 47.0 Å². The summed E-state index contributed by atoms with van der Waals surface area (Å²) in [5, 5.41) is 75.2. The van der Waals surface area contributed by atoms with E-state index in [1.54, 1.807) is 0 Å². The average Bonchev–Trinajstić information content (AvgIpc) is 3.59. The topological polar surface area (TPSA) is 312 Å². The third-order valence-corrected chi connectivity index (χ3v) is 9.03. The molecule has 2 saturated carbocycles. The Morgan fingerprint density at radius 2 is 1.53 bits per heavy atom. The van der Waals surface area contributed by atoms with Gasteiger partial charge in [-0.2, -0.15) is 0 Å². The van der Waals surface area contributed by atoms with E-state index < -0.39 is 109 Å². The van der Waals surface area contributed by atoms with E-state index in [1.807, 2.05) is 0 Å². The Hall–Kier alpha value is -0.970. The molecule has 2 aliphatic carbocycles. The minimum absolute atomic E-state index is 0.00711. The van der Waals surface area contributed by atoms with Gasteiger partial charge in [-0.3, -0.25) is 4.79 Å². The van der Waals surface area contributed by atoms with Crippen LogP contribution >= 0.6 is 0 Å². The van der Waals surface area contributed by atoms with Crippen molar-refractivity contribution in [1.82, 2.24) is 5.32 Å². The highest BCUT2D eigenvalue weighted by atomic mass is 16.7. The number of rotatable bonds is 13. The van der Waals surface area contributed by atoms with Gasteiger partial charge in [0.05, 0.1) is 37.0 Å². The van der Waals surface area contributed by atoms with Crippen LogP contribution in [0.25, 0.3) is 0 Å². The van der Waals surface area contributed by atoms with Gasteiger partial charge in [0, 0.05) is 38.1 Å². The van der Waals surface area contributed by atoms with Gasteiger partial charge in [-0.1, -0.05) is 0 Å². The van der Waals surface area contributed by atoms with Gasteiger partial charge in [-0.05, 0) is 31.7 Å². The van der Waals surface area contributed by atoms with Gasteiger partial charge < -0.3 is 82.9 Å². The van der Waals surface area contributed by atoms with Crippen molar-refractivity contribution in [2.24, 2.45) is 28.9 Å². The van der Waals surface area contributed by atoms with Crippen LogP contribution in [0.1, 0.15) is 32.1 Å². The summed E-state index contributed by atoms with van der Waals surface area (Å²) in [5.41, 5.74) is 22.7. The first-order valence-corrected chi connectivity index (χ1v) is 14.9. The molecule has 4 aliphatic rings. The standard InChI is InChI=1S/C26H49N5O12/c27-11-4-10(5-17(35)26(39)7-16(26)29)22(42-25-20(37)18(30)19(36)15(9-33)41-25)21(38)23(11)43-24-12(28)6-13(34)14(40-24)8-31-2-1-3-32/h10-16,18-25,31-34,36-39H,1-9,27-30H2/t10-,11-,12+,13-,14+,15+,16?,18-,19+,20+,21+,22-,23+,24+,25+,26?/m0/s1. The minimum Gasteiger partial charge on any atom is -0.396 e. The summed E-state index contributed by atoms with van der Waals surface area (Å²) in [6, 6.07) is -3.59. The molecule has 0 aromatic rings. The Labute approximate surface area is 249 Å². The summed E-state index contributed by atoms with van der Waals surface area (Å²) in [6.45, 7) is 0.131. The molecule has 2 unspecified atom stereocenters. The fraction of sp³-hybridized carbons (Fsp3) is 0.962. The predicted octanol–water partition coefficient (Wildman–Crippen LogP) is -6.57. The summed E-state index contributed by atoms with van der Waals surface area (Å²) < 4.78 is 23.6. The lowest BCUT2D eigenvalue weighted by atomic mass is 9.76. The maximum atomic E-state index is 13.0. The van der Waals surface area contributed by atoms with Crippen LogP contribution in [0.5, 0.6) is 0 Å². The second-order valence-electron chi connectivity index (χ2n) is 12.3. The molecule has 250 valence electrons. The molecule has 17 heteroatoms. The molecule has 4 rings (SSSR count). The largest absolute Gasteiger partial charge is 0.396 e. The lowest BCUT2D eigenvalue weighted by Crippen LogP contribution is -2.66. The first-order valence-electron chi connectivity index (χ1n) is 14.9. The number of nitrogens with one attached hydrogen (secondary N) is 1. The molecule has 17 nitrogen and oxygen atoms in total. The van der Waals surface area contributed by atoms with Crippen LogP contribution in [-0.4, -0.2) is 159 Å². The van der Waals surface area contributed by atoms with E-state index in [1.165, 1.54) is 0 Å². The molecule has 2 saturated heterocycles. The molecule has 0 bridgehead atoms. The molecule has 2 aliphatic heterocycles. The highest BCUT2D eigenvalue weighted by Gasteiger charge is 2.58. The van der Waals surface area contributed by atoms with Crippen molar-refractivity contribution in [3.05, 3.63) is 0 Å². The Morgan fingerprint density at radius 1 is 0.884 bits per heavy atom. The lowest BCUT2D eigenvalue weighted by molar-refractivity contribution is -0.320. The number of hydrogen-bond acceptors (Lipinski definition) is 17. The number of Topliss-reactive ketones (excluding diaryl/α,β-unsaturated/α-hetero) is 1. The Kier molecular flexibility index (Phi) is 11.9. The first-order chi connectivity index (χ1) is 20.3. The summed E-state index contributed by atoms with van der Waals surface area (Å²) in [7, 11) is 0. The third kappa shape index (κ3) is 7.71. The van der Waals surface area contributed by atoms with Crippen molar-refractivity contribution >= 4 is 5.78 Å². The minimum atomic E-state index is -1.69. The maximum absolute atomic E-state index is 13.0. The number of aliphatic hydroxyl groups excluding tert-OH is 6. The molecule has 4 fully saturated rings. The third-order valence-electron chi connectivity index (χ3n) is 9.03. The zero-order chi connectivity index (χ0) is 31.6. The Balaban J connectivity index is 1.51. The molecule has 0 radical (unpaired) electrons. The van der Waals surface area contributed by atoms with E-state index in [-0.39, 0.29) is 38.8 Å². The van der Waals surface area contributed by atoms with Crippen molar-refractivity contribution in [3.63, 3.8) is 0 Å². The van der Waals surface area contributed by atoms with Gasteiger partial charge in [0.15, 0.2) is 18.4 Å². The Morgan fingerprint density at radius 3 is 2.16 bits per heavy atom. The molecule has 2 heterocycles. The summed E-state index contributed by atoms with van der Waals surface area (Å²) >= 11 is 0. The predicted molar refractivity (Wildman–Crippen MR) is 147 cm³/mol. The van der Waals surface area contributed by atoms with E-state index in [0.717, 1.165) is 0 Å². The number of hydrogen-bond donors (Lipinski definition) is 12. The van der Waals surface area contributed by atoms with E-state index >= 15 is 0 Å². The summed E-state index contributed by atoms with van der Waals surface area (Å²) in [5.74, 6) is -1.34. The average molecular weight is 624 g/mol. The highest BCUT2D eigenvalue weighted by Crippen LogP contribution is 2.41. The molecule has 16 N–H and O–H groups in total. The van der Waals surface area contributed by atoms with Crippen molar-refractivity contribution in [2.75, 3.05) is 26.3 Å². The second kappa shape index (κ2) is 14.6. The van der Waals surface area contributed by atoms with Gasteiger partial charge in [-0.15, -0.1) is 0 Å². The van der Waals surface area contributed by atoms with Crippen molar-refractivity contribution in [2.45, 2.75) is 123 Å². The maximum Gasteiger partial charge on any atom is 0.186 e. The van der Waals surface area contributed by atoms with Crippen molar-refractivity contribution in [1.29, 1.82) is 0 Å². The van der Waals surface area contributed by atoms with Crippen LogP contribution in [0.3, 0.4) is 0 Å². The van der Waals surface area contributed by atoms with Gasteiger partial charge in [0.25, 0.3) is 0 Å². The number of ketones is 1. The van der Waals surface area contributed by atoms with Crippen LogP contribution in [0.2, 0.25) is 0 Å². The van der Waals surface area contributed by atoms with Crippen LogP contribution in [0.4, 0.5) is 0 Å². The number of carbonyl (C=O) groups excluding carboxylic acids is 1. The second-order valence-corrected chi connectivity index (χ2v) is 12.3.